The van der Waals surface area contributed by atoms with E-state index in [0.29, 0.717) is 29.7 Å². The van der Waals surface area contributed by atoms with Gasteiger partial charge in [-0.25, -0.2) is 27.7 Å². The van der Waals surface area contributed by atoms with Crippen LogP contribution in [0.1, 0.15) is 49.0 Å². The zero-order valence-electron chi connectivity index (χ0n) is 23.8. The van der Waals surface area contributed by atoms with Gasteiger partial charge in [0.25, 0.3) is 11.8 Å². The number of likely N-dealkylation sites (tertiary alicyclic amines) is 2. The van der Waals surface area contributed by atoms with Crippen LogP contribution in [-0.2, 0) is 11.3 Å². The third-order valence-electron chi connectivity index (χ3n) is 7.73. The molecule has 0 saturated carbocycles. The number of piperidine rings is 1. The summed E-state index contributed by atoms with van der Waals surface area (Å²) in [5.41, 5.74) is 8.61. The highest BCUT2D eigenvalue weighted by molar-refractivity contribution is 5.98. The molecule has 0 aromatic carbocycles. The first-order valence-electron chi connectivity index (χ1n) is 13.9. The van der Waals surface area contributed by atoms with E-state index in [2.05, 4.69) is 20.4 Å². The van der Waals surface area contributed by atoms with E-state index < -0.39 is 24.0 Å². The lowest BCUT2D eigenvalue weighted by Gasteiger charge is -2.31. The van der Waals surface area contributed by atoms with Crippen LogP contribution in [0.3, 0.4) is 0 Å². The zero-order chi connectivity index (χ0) is 30.2. The van der Waals surface area contributed by atoms with Gasteiger partial charge in [-0.1, -0.05) is 13.8 Å². The molecule has 42 heavy (non-hydrogen) atoms. The highest BCUT2D eigenvalue weighted by Crippen LogP contribution is 2.33. The number of rotatable bonds is 8. The maximum absolute atomic E-state index is 14.9. The molecule has 3 aromatic heterocycles. The van der Waals surface area contributed by atoms with Gasteiger partial charge in [0.2, 0.25) is 11.8 Å². The molecule has 2 aliphatic heterocycles. The van der Waals surface area contributed by atoms with Gasteiger partial charge in [0.05, 0.1) is 25.4 Å². The van der Waals surface area contributed by atoms with Gasteiger partial charge in [0.1, 0.15) is 23.6 Å². The highest BCUT2D eigenvalue weighted by Gasteiger charge is 2.37. The number of hydrogen-bond donors (Lipinski definition) is 2. The smallest absolute Gasteiger partial charge is 0.257 e. The Hall–Kier alpha value is -3.94. The fourth-order valence-electron chi connectivity index (χ4n) is 5.50. The summed E-state index contributed by atoms with van der Waals surface area (Å²) in [6.07, 6.45) is 1.26. The second kappa shape index (κ2) is 11.7. The number of fused-ring (bicyclic) bond motifs is 1. The van der Waals surface area contributed by atoms with Crippen molar-refractivity contribution < 1.29 is 27.5 Å². The standard InChI is InChI=1S/C28H35F3N8O3/c1-16(2)8-23(40)38-13-20(29)21(14-38)36-26(41)19-9-17(11-33-27(19)42-3)22-10-18(24-25(32)34-15-35-39(22)24)12-37-6-4-28(30,31)5-7-37/h9-11,15-16,20-21H,4-8,12-14H2,1-3H3,(H,36,41)(H2,32,34,35)/t20-,21+/m0/s1. The molecule has 0 aliphatic carbocycles. The number of nitrogens with two attached hydrogens (primary N) is 1. The number of anilines is 1. The van der Waals surface area contributed by atoms with E-state index >= 15 is 0 Å². The van der Waals surface area contributed by atoms with Crippen LogP contribution in [0.15, 0.2) is 24.7 Å². The van der Waals surface area contributed by atoms with Crippen molar-refractivity contribution in [2.45, 2.75) is 57.8 Å². The van der Waals surface area contributed by atoms with Gasteiger partial charge in [0.15, 0.2) is 5.82 Å². The summed E-state index contributed by atoms with van der Waals surface area (Å²) in [7, 11) is 1.37. The van der Waals surface area contributed by atoms with Crippen molar-refractivity contribution in [2.75, 3.05) is 39.0 Å². The number of methoxy groups -OCH3 is 1. The van der Waals surface area contributed by atoms with Crippen molar-refractivity contribution >= 4 is 23.1 Å². The molecule has 0 radical (unpaired) electrons. The molecule has 5 rings (SSSR count). The van der Waals surface area contributed by atoms with E-state index in [1.165, 1.54) is 24.5 Å². The van der Waals surface area contributed by atoms with Gasteiger partial charge in [-0.15, -0.1) is 0 Å². The van der Waals surface area contributed by atoms with Crippen LogP contribution in [0.4, 0.5) is 19.0 Å². The lowest BCUT2D eigenvalue weighted by Crippen LogP contribution is -2.42. The minimum Gasteiger partial charge on any atom is -0.480 e. The molecule has 11 nitrogen and oxygen atoms in total. The average molecular weight is 589 g/mol. The summed E-state index contributed by atoms with van der Waals surface area (Å²) in [6, 6.07) is 2.51. The van der Waals surface area contributed by atoms with E-state index in [1.54, 1.807) is 10.6 Å². The number of nitrogen functional groups attached to an aromatic ring is 1. The van der Waals surface area contributed by atoms with Crippen LogP contribution in [-0.4, -0.2) is 92.6 Å². The molecule has 3 aromatic rings. The fourth-order valence-corrected chi connectivity index (χ4v) is 5.50. The van der Waals surface area contributed by atoms with E-state index in [1.807, 2.05) is 24.8 Å². The number of hydrogen-bond acceptors (Lipinski definition) is 8. The SMILES string of the molecule is COc1ncc(-c2cc(CN3CCC(F)(F)CC3)c3c(N)ncnn23)cc1C(=O)N[C@@H]1CN(C(=O)CC(C)C)C[C@@H]1F. The first kappa shape index (κ1) is 29.5. The first-order valence-corrected chi connectivity index (χ1v) is 13.9. The molecule has 0 unspecified atom stereocenters. The van der Waals surface area contributed by atoms with Crippen molar-refractivity contribution in [3.63, 3.8) is 0 Å². The van der Waals surface area contributed by atoms with Gasteiger partial charge >= 0.3 is 0 Å². The van der Waals surface area contributed by atoms with Gasteiger partial charge in [-0.3, -0.25) is 14.5 Å². The van der Waals surface area contributed by atoms with Crippen molar-refractivity contribution in [2.24, 2.45) is 5.92 Å². The maximum Gasteiger partial charge on any atom is 0.257 e. The third-order valence-corrected chi connectivity index (χ3v) is 7.73. The van der Waals surface area contributed by atoms with Crippen molar-refractivity contribution in [1.82, 2.24) is 34.7 Å². The number of ether oxygens (including phenoxy) is 1. The number of halogens is 3. The number of carbonyl (C=O) groups excluding carboxylic acids is 2. The predicted molar refractivity (Wildman–Crippen MR) is 149 cm³/mol. The Labute approximate surface area is 241 Å². The molecule has 3 N–H and O–H groups in total. The normalized spacial score (nSPS) is 20.8. The zero-order valence-corrected chi connectivity index (χ0v) is 23.8. The topological polar surface area (TPSA) is 131 Å². The Balaban J connectivity index is 1.41. The number of pyridine rings is 1. The third kappa shape index (κ3) is 6.13. The fraction of sp³-hybridized carbons (Fsp3) is 0.536. The summed E-state index contributed by atoms with van der Waals surface area (Å²) in [4.78, 5) is 37.6. The first-order chi connectivity index (χ1) is 20.0. The lowest BCUT2D eigenvalue weighted by atomic mass is 10.1. The minimum absolute atomic E-state index is 0.0434. The molecular formula is C28H35F3N8O3. The summed E-state index contributed by atoms with van der Waals surface area (Å²) < 4.78 is 49.2. The second-order valence-corrected chi connectivity index (χ2v) is 11.4. The number of nitrogens with one attached hydrogen (secondary N) is 1. The predicted octanol–water partition coefficient (Wildman–Crippen LogP) is 2.94. The Bertz CT molecular complexity index is 1470. The number of nitrogens with zero attached hydrogens (tertiary/aromatic N) is 6. The molecule has 5 heterocycles. The average Bonchev–Trinajstić information content (AvgIpc) is 3.50. The van der Waals surface area contributed by atoms with Crippen LogP contribution in [0.25, 0.3) is 16.8 Å². The molecular weight excluding hydrogens is 553 g/mol. The van der Waals surface area contributed by atoms with Gasteiger partial charge in [-0.05, 0) is 23.6 Å². The number of carbonyl (C=O) groups is 2. The summed E-state index contributed by atoms with van der Waals surface area (Å²) in [5.74, 6) is -3.02. The van der Waals surface area contributed by atoms with E-state index in [4.69, 9.17) is 10.5 Å². The van der Waals surface area contributed by atoms with Crippen LogP contribution in [0.2, 0.25) is 0 Å². The van der Waals surface area contributed by atoms with E-state index in [0.717, 1.165) is 5.56 Å². The van der Waals surface area contributed by atoms with Crippen LogP contribution in [0.5, 0.6) is 5.88 Å². The lowest BCUT2D eigenvalue weighted by molar-refractivity contribution is -0.131. The van der Waals surface area contributed by atoms with Crippen LogP contribution < -0.4 is 15.8 Å². The molecule has 2 fully saturated rings. The molecule has 226 valence electrons. The molecule has 2 aliphatic rings. The second-order valence-electron chi connectivity index (χ2n) is 11.4. The molecule has 2 saturated heterocycles. The van der Waals surface area contributed by atoms with Gasteiger partial charge < -0.3 is 20.7 Å². The highest BCUT2D eigenvalue weighted by atomic mass is 19.3. The molecule has 0 bridgehead atoms. The Morgan fingerprint density at radius 2 is 1.93 bits per heavy atom. The molecule has 2 atom stereocenters. The Kier molecular flexibility index (Phi) is 8.26. The quantitative estimate of drug-likeness (QED) is 0.411. The van der Waals surface area contributed by atoms with E-state index in [9.17, 15) is 22.8 Å². The largest absolute Gasteiger partial charge is 0.480 e. The Morgan fingerprint density at radius 1 is 1.19 bits per heavy atom. The summed E-state index contributed by atoms with van der Waals surface area (Å²) in [5, 5.41) is 7.05. The summed E-state index contributed by atoms with van der Waals surface area (Å²) in [6.45, 7) is 4.65. The molecule has 0 spiro atoms. The maximum atomic E-state index is 14.9. The van der Waals surface area contributed by atoms with Crippen molar-refractivity contribution in [3.8, 4) is 17.1 Å². The van der Waals surface area contributed by atoms with Gasteiger partial charge in [0, 0.05) is 57.2 Å². The molecule has 14 heteroatoms. The van der Waals surface area contributed by atoms with Crippen molar-refractivity contribution in [3.05, 3.63) is 35.8 Å². The van der Waals surface area contributed by atoms with E-state index in [-0.39, 0.29) is 68.1 Å². The number of amides is 2. The molecule has 2 amide bonds. The minimum atomic E-state index is -2.67. The monoisotopic (exact) mass is 588 g/mol. The Morgan fingerprint density at radius 3 is 2.62 bits per heavy atom. The number of aromatic nitrogens is 4. The van der Waals surface area contributed by atoms with Crippen molar-refractivity contribution in [1.29, 1.82) is 0 Å². The number of alkyl halides is 3. The van der Waals surface area contributed by atoms with Gasteiger partial charge in [-0.2, -0.15) is 5.10 Å². The van der Waals surface area contributed by atoms with Crippen LogP contribution >= 0.6 is 0 Å². The van der Waals surface area contributed by atoms with Crippen LogP contribution in [0, 0.1) is 5.92 Å². The summed E-state index contributed by atoms with van der Waals surface area (Å²) >= 11 is 0.